The summed E-state index contributed by atoms with van der Waals surface area (Å²) in [4.78, 5) is 12.1. The Balaban J connectivity index is 1.55. The summed E-state index contributed by atoms with van der Waals surface area (Å²) < 4.78 is 2.04. The van der Waals surface area contributed by atoms with Crippen molar-refractivity contribution in [2.45, 2.75) is 43.7 Å². The fourth-order valence-electron chi connectivity index (χ4n) is 2.96. The zero-order valence-corrected chi connectivity index (χ0v) is 14.4. The molecule has 0 radical (unpaired) electrons. The molecule has 23 heavy (non-hydrogen) atoms. The van der Waals surface area contributed by atoms with Gasteiger partial charge < -0.3 is 9.88 Å². The zero-order chi connectivity index (χ0) is 16.2. The Labute approximate surface area is 140 Å². The van der Waals surface area contributed by atoms with Crippen LogP contribution in [0.25, 0.3) is 0 Å². The van der Waals surface area contributed by atoms with Gasteiger partial charge in [-0.3, -0.25) is 4.79 Å². The van der Waals surface area contributed by atoms with Gasteiger partial charge in [-0.25, -0.2) is 0 Å². The van der Waals surface area contributed by atoms with Crippen molar-refractivity contribution in [3.05, 3.63) is 35.7 Å². The average molecular weight is 330 g/mol. The third-order valence-electron chi connectivity index (χ3n) is 4.26. The first-order valence-corrected chi connectivity index (χ1v) is 9.00. The van der Waals surface area contributed by atoms with E-state index in [0.717, 1.165) is 16.7 Å². The van der Waals surface area contributed by atoms with E-state index in [1.165, 1.54) is 43.0 Å². The number of aromatic nitrogens is 3. The minimum absolute atomic E-state index is 0.0238. The van der Waals surface area contributed by atoms with E-state index in [0.29, 0.717) is 11.7 Å². The molecule has 1 saturated carbocycles. The summed E-state index contributed by atoms with van der Waals surface area (Å²) in [5, 5.41) is 12.3. The van der Waals surface area contributed by atoms with E-state index in [1.807, 2.05) is 42.8 Å². The summed E-state index contributed by atoms with van der Waals surface area (Å²) in [6.45, 7) is 2.03. The number of aryl methyl sites for hydroxylation is 1. The van der Waals surface area contributed by atoms with Crippen molar-refractivity contribution in [3.63, 3.8) is 0 Å². The molecule has 1 aromatic heterocycles. The van der Waals surface area contributed by atoms with Crippen LogP contribution in [0.5, 0.6) is 0 Å². The van der Waals surface area contributed by atoms with Crippen LogP contribution in [0.15, 0.2) is 29.4 Å². The van der Waals surface area contributed by atoms with Gasteiger partial charge >= 0.3 is 0 Å². The van der Waals surface area contributed by atoms with E-state index < -0.39 is 0 Å². The Morgan fingerprint density at radius 3 is 2.65 bits per heavy atom. The Morgan fingerprint density at radius 1 is 1.26 bits per heavy atom. The zero-order valence-electron chi connectivity index (χ0n) is 13.6. The minimum atomic E-state index is -0.0238. The maximum Gasteiger partial charge on any atom is 0.234 e. The maximum atomic E-state index is 12.1. The van der Waals surface area contributed by atoms with Gasteiger partial charge in [0.05, 0.1) is 5.75 Å². The monoisotopic (exact) mass is 330 g/mol. The van der Waals surface area contributed by atoms with Crippen LogP contribution >= 0.6 is 11.8 Å². The lowest BCUT2D eigenvalue weighted by molar-refractivity contribution is -0.113. The van der Waals surface area contributed by atoms with Crippen molar-refractivity contribution in [2.24, 2.45) is 7.05 Å². The molecule has 0 saturated heterocycles. The van der Waals surface area contributed by atoms with Crippen LogP contribution < -0.4 is 5.32 Å². The Hall–Kier alpha value is -1.82. The molecule has 2 aromatic rings. The van der Waals surface area contributed by atoms with Gasteiger partial charge in [0, 0.05) is 18.7 Å². The number of hydrogen-bond acceptors (Lipinski definition) is 4. The Bertz CT molecular complexity index is 674. The van der Waals surface area contributed by atoms with Crippen molar-refractivity contribution in [3.8, 4) is 0 Å². The van der Waals surface area contributed by atoms with Gasteiger partial charge in [-0.2, -0.15) is 0 Å². The molecule has 1 fully saturated rings. The number of rotatable bonds is 5. The fraction of sp³-hybridized carbons (Fsp3) is 0.471. The predicted molar refractivity (Wildman–Crippen MR) is 92.7 cm³/mol. The van der Waals surface area contributed by atoms with Crippen molar-refractivity contribution in [2.75, 3.05) is 11.1 Å². The van der Waals surface area contributed by atoms with E-state index in [-0.39, 0.29) is 5.91 Å². The summed E-state index contributed by atoms with van der Waals surface area (Å²) in [6, 6.07) is 7.80. The molecule has 5 nitrogen and oxygen atoms in total. The summed E-state index contributed by atoms with van der Waals surface area (Å²) in [5.74, 6) is 1.90. The van der Waals surface area contributed by atoms with Crippen molar-refractivity contribution >= 4 is 23.4 Å². The SMILES string of the molecule is Cc1ccc(NC(=O)CSc2nnc(C3CCCC3)n2C)cc1. The number of anilines is 1. The lowest BCUT2D eigenvalue weighted by atomic mass is 10.1. The second kappa shape index (κ2) is 7.17. The smallest absolute Gasteiger partial charge is 0.234 e. The van der Waals surface area contributed by atoms with E-state index in [1.54, 1.807) is 0 Å². The molecule has 0 spiro atoms. The van der Waals surface area contributed by atoms with E-state index in [9.17, 15) is 4.79 Å². The van der Waals surface area contributed by atoms with Crippen LogP contribution in [0, 0.1) is 6.92 Å². The summed E-state index contributed by atoms with van der Waals surface area (Å²) >= 11 is 1.43. The number of hydrogen-bond donors (Lipinski definition) is 1. The highest BCUT2D eigenvalue weighted by atomic mass is 32.2. The largest absolute Gasteiger partial charge is 0.325 e. The Kier molecular flexibility index (Phi) is 5.00. The van der Waals surface area contributed by atoms with Gasteiger partial charge in [0.1, 0.15) is 5.82 Å². The molecule has 1 aliphatic rings. The molecular weight excluding hydrogens is 308 g/mol. The van der Waals surface area contributed by atoms with Crippen LogP contribution in [0.4, 0.5) is 5.69 Å². The molecule has 122 valence electrons. The van der Waals surface area contributed by atoms with E-state index in [4.69, 9.17) is 0 Å². The van der Waals surface area contributed by atoms with Crippen LogP contribution in [-0.4, -0.2) is 26.4 Å². The first-order chi connectivity index (χ1) is 11.1. The number of carbonyl (C=O) groups is 1. The summed E-state index contributed by atoms with van der Waals surface area (Å²) in [6.07, 6.45) is 4.95. The van der Waals surface area contributed by atoms with Gasteiger partial charge in [0.15, 0.2) is 5.16 Å². The standard InChI is InChI=1S/C17H22N4OS/c1-12-7-9-14(10-8-12)18-15(22)11-23-17-20-19-16(21(17)2)13-5-3-4-6-13/h7-10,13H,3-6,11H2,1-2H3,(H,18,22). The maximum absolute atomic E-state index is 12.1. The van der Waals surface area contributed by atoms with Gasteiger partial charge in [-0.15, -0.1) is 10.2 Å². The predicted octanol–water partition coefficient (Wildman–Crippen LogP) is 3.51. The molecule has 1 amide bonds. The van der Waals surface area contributed by atoms with Crippen molar-refractivity contribution in [1.29, 1.82) is 0 Å². The molecule has 6 heteroatoms. The van der Waals surface area contributed by atoms with Gasteiger partial charge in [-0.05, 0) is 31.9 Å². The molecule has 1 aliphatic carbocycles. The van der Waals surface area contributed by atoms with Crippen molar-refractivity contribution < 1.29 is 4.79 Å². The quantitative estimate of drug-likeness (QED) is 0.852. The first kappa shape index (κ1) is 16.1. The van der Waals surface area contributed by atoms with Gasteiger partial charge in [0.2, 0.25) is 5.91 Å². The number of carbonyl (C=O) groups excluding carboxylic acids is 1. The van der Waals surface area contributed by atoms with Crippen LogP contribution in [0.1, 0.15) is 43.0 Å². The van der Waals surface area contributed by atoms with Crippen LogP contribution in [-0.2, 0) is 11.8 Å². The number of nitrogens with one attached hydrogen (secondary N) is 1. The normalized spacial score (nSPS) is 15.0. The highest BCUT2D eigenvalue weighted by Gasteiger charge is 2.23. The molecule has 0 aliphatic heterocycles. The molecule has 1 aromatic carbocycles. The molecule has 0 bridgehead atoms. The molecule has 0 atom stereocenters. The third-order valence-corrected chi connectivity index (χ3v) is 5.28. The third kappa shape index (κ3) is 3.93. The second-order valence-corrected chi connectivity index (χ2v) is 7.03. The minimum Gasteiger partial charge on any atom is -0.325 e. The topological polar surface area (TPSA) is 59.8 Å². The number of amides is 1. The Morgan fingerprint density at radius 2 is 1.96 bits per heavy atom. The number of thioether (sulfide) groups is 1. The average Bonchev–Trinajstić information content (AvgIpc) is 3.17. The fourth-order valence-corrected chi connectivity index (χ4v) is 3.67. The number of nitrogens with zero attached hydrogens (tertiary/aromatic N) is 3. The second-order valence-electron chi connectivity index (χ2n) is 6.08. The highest BCUT2D eigenvalue weighted by Crippen LogP contribution is 2.33. The molecule has 1 heterocycles. The van der Waals surface area contributed by atoms with E-state index in [2.05, 4.69) is 15.5 Å². The van der Waals surface area contributed by atoms with Crippen LogP contribution in [0.2, 0.25) is 0 Å². The number of benzene rings is 1. The molecule has 3 rings (SSSR count). The van der Waals surface area contributed by atoms with Gasteiger partial charge in [-0.1, -0.05) is 42.3 Å². The lowest BCUT2D eigenvalue weighted by Crippen LogP contribution is -2.14. The summed E-state index contributed by atoms with van der Waals surface area (Å²) in [5.41, 5.74) is 2.00. The van der Waals surface area contributed by atoms with Gasteiger partial charge in [0.25, 0.3) is 0 Å². The van der Waals surface area contributed by atoms with Crippen LogP contribution in [0.3, 0.4) is 0 Å². The first-order valence-electron chi connectivity index (χ1n) is 8.02. The lowest BCUT2D eigenvalue weighted by Gasteiger charge is -2.09. The summed E-state index contributed by atoms with van der Waals surface area (Å²) in [7, 11) is 1.99. The van der Waals surface area contributed by atoms with E-state index >= 15 is 0 Å². The molecule has 1 N–H and O–H groups in total. The molecule has 0 unspecified atom stereocenters. The highest BCUT2D eigenvalue weighted by molar-refractivity contribution is 7.99. The van der Waals surface area contributed by atoms with Crippen molar-refractivity contribution in [1.82, 2.24) is 14.8 Å². The molecular formula is C17H22N4OS.